The number of amidine groups is 1. The quantitative estimate of drug-likeness (QED) is 0.702. The van der Waals surface area contributed by atoms with Gasteiger partial charge >= 0.3 is 0 Å². The molecule has 1 heterocycles. The fourth-order valence-corrected chi connectivity index (χ4v) is 3.64. The number of fused-ring (bicyclic) bond motifs is 2. The molecule has 3 heteroatoms. The molecule has 0 atom stereocenters. The predicted octanol–water partition coefficient (Wildman–Crippen LogP) is 5.21. The zero-order chi connectivity index (χ0) is 15.5. The number of aliphatic imine (C=N–C) groups is 1. The van der Waals surface area contributed by atoms with Crippen LogP contribution >= 0.6 is 11.8 Å². The van der Waals surface area contributed by atoms with Crippen LogP contribution in [-0.2, 0) is 6.54 Å². The molecular weight excluding hydrogens is 300 g/mol. The second-order valence-electron chi connectivity index (χ2n) is 5.37. The fraction of sp³-hybridized carbons (Fsp3) is 0.0500. The first kappa shape index (κ1) is 14.1. The van der Waals surface area contributed by atoms with Gasteiger partial charge in [0.2, 0.25) is 0 Å². The molecule has 23 heavy (non-hydrogen) atoms. The number of anilines is 1. The van der Waals surface area contributed by atoms with E-state index in [-0.39, 0.29) is 0 Å². The van der Waals surface area contributed by atoms with E-state index in [1.807, 2.05) is 6.07 Å². The smallest absolute Gasteiger partial charge is 0.134 e. The largest absolute Gasteiger partial charge is 0.339 e. The maximum absolute atomic E-state index is 4.85. The Morgan fingerprint density at radius 1 is 0.739 bits per heavy atom. The Bertz CT molecular complexity index is 856. The van der Waals surface area contributed by atoms with Crippen molar-refractivity contribution in [3.63, 3.8) is 0 Å². The Morgan fingerprint density at radius 2 is 1.43 bits per heavy atom. The highest BCUT2D eigenvalue weighted by Crippen LogP contribution is 2.38. The molecule has 2 nitrogen and oxygen atoms in total. The lowest BCUT2D eigenvalue weighted by Gasteiger charge is -2.10. The first-order chi connectivity index (χ1) is 11.4. The van der Waals surface area contributed by atoms with E-state index in [4.69, 9.17) is 4.99 Å². The molecule has 3 aromatic rings. The van der Waals surface area contributed by atoms with Gasteiger partial charge in [0.05, 0.1) is 12.2 Å². The van der Waals surface area contributed by atoms with Gasteiger partial charge in [0.15, 0.2) is 0 Å². The SMILES string of the molecule is c1ccc(CN=C2Nc3ccccc3Sc3ccccc32)cc1. The molecule has 0 aromatic heterocycles. The molecule has 4 rings (SSSR count). The van der Waals surface area contributed by atoms with E-state index in [9.17, 15) is 0 Å². The minimum atomic E-state index is 0.671. The predicted molar refractivity (Wildman–Crippen MR) is 97.3 cm³/mol. The van der Waals surface area contributed by atoms with Crippen molar-refractivity contribution in [2.75, 3.05) is 5.32 Å². The van der Waals surface area contributed by atoms with E-state index in [0.717, 1.165) is 17.1 Å². The van der Waals surface area contributed by atoms with Crippen LogP contribution < -0.4 is 5.32 Å². The standard InChI is InChI=1S/C20H16N2S/c1-2-8-15(9-3-1)14-21-20-16-10-4-6-12-18(16)23-19-13-7-5-11-17(19)22-20/h1-13H,14H2,(H,21,22). The Hall–Kier alpha value is -2.52. The Labute approximate surface area is 140 Å². The molecular formula is C20H16N2S. The molecule has 0 fully saturated rings. The van der Waals surface area contributed by atoms with E-state index in [1.54, 1.807) is 11.8 Å². The van der Waals surface area contributed by atoms with E-state index >= 15 is 0 Å². The summed E-state index contributed by atoms with van der Waals surface area (Å²) >= 11 is 1.79. The van der Waals surface area contributed by atoms with E-state index in [1.165, 1.54) is 15.4 Å². The number of hydrogen-bond donors (Lipinski definition) is 1. The lowest BCUT2D eigenvalue weighted by Crippen LogP contribution is -2.14. The van der Waals surface area contributed by atoms with Crippen LogP contribution in [-0.4, -0.2) is 5.84 Å². The fourth-order valence-electron chi connectivity index (χ4n) is 2.60. The summed E-state index contributed by atoms with van der Waals surface area (Å²) in [6.45, 7) is 0.671. The number of nitrogens with one attached hydrogen (secondary N) is 1. The third-order valence-corrected chi connectivity index (χ3v) is 4.92. The van der Waals surface area contributed by atoms with Gasteiger partial charge in [-0.1, -0.05) is 72.4 Å². The summed E-state index contributed by atoms with van der Waals surface area (Å²) < 4.78 is 0. The van der Waals surface area contributed by atoms with Gasteiger partial charge in [-0.25, -0.2) is 0 Å². The van der Waals surface area contributed by atoms with E-state index in [2.05, 4.69) is 78.1 Å². The van der Waals surface area contributed by atoms with Crippen molar-refractivity contribution >= 4 is 23.3 Å². The topological polar surface area (TPSA) is 24.4 Å². The van der Waals surface area contributed by atoms with Crippen molar-refractivity contribution in [3.05, 3.63) is 90.0 Å². The number of para-hydroxylation sites is 1. The average molecular weight is 316 g/mol. The monoisotopic (exact) mass is 316 g/mol. The molecule has 1 aliphatic heterocycles. The number of rotatable bonds is 2. The zero-order valence-corrected chi connectivity index (χ0v) is 13.4. The molecule has 0 radical (unpaired) electrons. The molecule has 0 aliphatic carbocycles. The summed E-state index contributed by atoms with van der Waals surface area (Å²) in [5.41, 5.74) is 3.48. The molecule has 112 valence electrons. The first-order valence-electron chi connectivity index (χ1n) is 7.62. The van der Waals surface area contributed by atoms with Gasteiger partial charge < -0.3 is 5.32 Å². The summed E-state index contributed by atoms with van der Waals surface area (Å²) in [6, 6.07) is 27.1. The van der Waals surface area contributed by atoms with Crippen LogP contribution in [0.2, 0.25) is 0 Å². The van der Waals surface area contributed by atoms with Crippen LogP contribution in [0.1, 0.15) is 11.1 Å². The second kappa shape index (κ2) is 6.31. The summed E-state index contributed by atoms with van der Waals surface area (Å²) in [7, 11) is 0. The molecule has 1 N–H and O–H groups in total. The molecule has 0 amide bonds. The van der Waals surface area contributed by atoms with Crippen LogP contribution in [0.25, 0.3) is 0 Å². The zero-order valence-electron chi connectivity index (χ0n) is 12.6. The van der Waals surface area contributed by atoms with Crippen molar-refractivity contribution in [3.8, 4) is 0 Å². The molecule has 0 saturated carbocycles. The van der Waals surface area contributed by atoms with Crippen molar-refractivity contribution in [1.29, 1.82) is 0 Å². The third-order valence-electron chi connectivity index (χ3n) is 3.76. The normalized spacial score (nSPS) is 14.5. The lowest BCUT2D eigenvalue weighted by atomic mass is 10.2. The lowest BCUT2D eigenvalue weighted by molar-refractivity contribution is 1.06. The highest BCUT2D eigenvalue weighted by Gasteiger charge is 2.17. The Balaban J connectivity index is 1.76. The van der Waals surface area contributed by atoms with Crippen molar-refractivity contribution in [2.24, 2.45) is 4.99 Å². The number of nitrogens with zero attached hydrogens (tertiary/aromatic N) is 1. The van der Waals surface area contributed by atoms with Gasteiger partial charge in [0, 0.05) is 15.4 Å². The molecule has 0 bridgehead atoms. The van der Waals surface area contributed by atoms with Gasteiger partial charge in [-0.3, -0.25) is 4.99 Å². The van der Waals surface area contributed by atoms with Crippen LogP contribution in [0.15, 0.2) is 93.6 Å². The van der Waals surface area contributed by atoms with Gasteiger partial charge in [-0.2, -0.15) is 0 Å². The highest BCUT2D eigenvalue weighted by molar-refractivity contribution is 7.99. The maximum atomic E-state index is 4.85. The molecule has 0 unspecified atom stereocenters. The summed E-state index contributed by atoms with van der Waals surface area (Å²) in [4.78, 5) is 7.31. The van der Waals surface area contributed by atoms with Crippen molar-refractivity contribution in [1.82, 2.24) is 0 Å². The highest BCUT2D eigenvalue weighted by atomic mass is 32.2. The van der Waals surface area contributed by atoms with E-state index in [0.29, 0.717) is 6.54 Å². The maximum Gasteiger partial charge on any atom is 0.134 e. The second-order valence-corrected chi connectivity index (χ2v) is 6.45. The molecule has 1 aliphatic rings. The van der Waals surface area contributed by atoms with Crippen LogP contribution in [0.4, 0.5) is 5.69 Å². The van der Waals surface area contributed by atoms with Gasteiger partial charge in [-0.15, -0.1) is 0 Å². The van der Waals surface area contributed by atoms with Crippen LogP contribution in [0.5, 0.6) is 0 Å². The average Bonchev–Trinajstić information content (AvgIpc) is 2.77. The molecule has 3 aromatic carbocycles. The minimum Gasteiger partial charge on any atom is -0.339 e. The minimum absolute atomic E-state index is 0.671. The van der Waals surface area contributed by atoms with Crippen LogP contribution in [0.3, 0.4) is 0 Å². The third kappa shape index (κ3) is 3.01. The molecule has 0 spiro atoms. The first-order valence-corrected chi connectivity index (χ1v) is 8.43. The summed E-state index contributed by atoms with van der Waals surface area (Å²) in [5.74, 6) is 0.932. The van der Waals surface area contributed by atoms with Gasteiger partial charge in [0.1, 0.15) is 5.84 Å². The van der Waals surface area contributed by atoms with Crippen molar-refractivity contribution in [2.45, 2.75) is 16.3 Å². The Kier molecular flexibility index (Phi) is 3.86. The van der Waals surface area contributed by atoms with Gasteiger partial charge in [-0.05, 0) is 23.8 Å². The Morgan fingerprint density at radius 3 is 2.30 bits per heavy atom. The van der Waals surface area contributed by atoms with E-state index < -0.39 is 0 Å². The molecule has 0 saturated heterocycles. The summed E-state index contributed by atoms with van der Waals surface area (Å²) in [6.07, 6.45) is 0. The van der Waals surface area contributed by atoms with Gasteiger partial charge in [0.25, 0.3) is 0 Å². The summed E-state index contributed by atoms with van der Waals surface area (Å²) in [5, 5.41) is 3.52. The van der Waals surface area contributed by atoms with Crippen LogP contribution in [0, 0.1) is 0 Å². The number of hydrogen-bond acceptors (Lipinski definition) is 2. The van der Waals surface area contributed by atoms with Crippen molar-refractivity contribution < 1.29 is 0 Å². The number of benzene rings is 3.